The summed E-state index contributed by atoms with van der Waals surface area (Å²) in [6.07, 6.45) is 6.49. The Labute approximate surface area is 180 Å². The molecule has 0 radical (unpaired) electrons. The van der Waals surface area contributed by atoms with Crippen LogP contribution >= 0.6 is 0 Å². The van der Waals surface area contributed by atoms with Crippen molar-refractivity contribution in [2.45, 2.75) is 38.1 Å². The molecule has 2 aromatic carbocycles. The van der Waals surface area contributed by atoms with Gasteiger partial charge < -0.3 is 15.5 Å². The average Bonchev–Trinajstić information content (AvgIpc) is 2.81. The molecule has 0 aromatic heterocycles. The second kappa shape index (κ2) is 9.84. The Bertz CT molecular complexity index is 796. The van der Waals surface area contributed by atoms with E-state index < -0.39 is 0 Å². The molecule has 158 valence electrons. The van der Waals surface area contributed by atoms with E-state index in [0.717, 1.165) is 30.1 Å². The number of amides is 1. The Hall–Kier alpha value is -2.75. The zero-order valence-electron chi connectivity index (χ0n) is 17.7. The first-order valence-corrected chi connectivity index (χ1v) is 11.3. The van der Waals surface area contributed by atoms with Crippen molar-refractivity contribution in [3.8, 4) is 0 Å². The van der Waals surface area contributed by atoms with Crippen molar-refractivity contribution in [2.24, 2.45) is 11.8 Å². The van der Waals surface area contributed by atoms with E-state index in [1.165, 1.54) is 32.1 Å². The van der Waals surface area contributed by atoms with E-state index in [1.807, 2.05) is 36.4 Å². The first-order chi connectivity index (χ1) is 14.7. The summed E-state index contributed by atoms with van der Waals surface area (Å²) in [5, 5.41) is 6.70. The molecule has 2 atom stereocenters. The van der Waals surface area contributed by atoms with Crippen molar-refractivity contribution in [3.05, 3.63) is 84.2 Å². The van der Waals surface area contributed by atoms with Gasteiger partial charge in [-0.1, -0.05) is 86.5 Å². The summed E-state index contributed by atoms with van der Waals surface area (Å²) >= 11 is 0. The van der Waals surface area contributed by atoms with Crippen LogP contribution in [0.15, 0.2) is 73.1 Å². The first kappa shape index (κ1) is 20.5. The number of likely N-dealkylation sites (tertiary alicyclic amines) is 1. The van der Waals surface area contributed by atoms with Crippen LogP contribution in [0, 0.1) is 11.8 Å². The molecular weight excluding hydrogens is 370 g/mol. The van der Waals surface area contributed by atoms with Gasteiger partial charge in [0.05, 0.1) is 18.4 Å². The van der Waals surface area contributed by atoms with Gasteiger partial charge in [0.2, 0.25) is 5.91 Å². The zero-order valence-corrected chi connectivity index (χ0v) is 17.7. The number of nitrogens with one attached hydrogen (secondary N) is 2. The van der Waals surface area contributed by atoms with Gasteiger partial charge in [-0.25, -0.2) is 0 Å². The highest BCUT2D eigenvalue weighted by Gasteiger charge is 2.32. The van der Waals surface area contributed by atoms with Crippen LogP contribution in [0.1, 0.15) is 49.3 Å². The lowest BCUT2D eigenvalue weighted by Crippen LogP contribution is -2.48. The fraction of sp³-hybridized carbons (Fsp3) is 0.423. The molecule has 2 fully saturated rings. The molecule has 0 spiro atoms. The molecule has 1 amide bonds. The summed E-state index contributed by atoms with van der Waals surface area (Å²) in [5.74, 6) is 2.40. The number of hydrogen-bond acceptors (Lipinski definition) is 3. The summed E-state index contributed by atoms with van der Waals surface area (Å²) in [7, 11) is 0. The normalized spacial score (nSPS) is 21.0. The van der Waals surface area contributed by atoms with Gasteiger partial charge in [0.1, 0.15) is 0 Å². The number of carbonyl (C=O) groups excluding carboxylic acids is 1. The van der Waals surface area contributed by atoms with Crippen LogP contribution in [0.25, 0.3) is 0 Å². The van der Waals surface area contributed by atoms with Crippen molar-refractivity contribution >= 4 is 5.91 Å². The molecule has 1 saturated heterocycles. The summed E-state index contributed by atoms with van der Waals surface area (Å²) in [6, 6.07) is 20.6. The van der Waals surface area contributed by atoms with Crippen molar-refractivity contribution < 1.29 is 4.79 Å². The van der Waals surface area contributed by atoms with Gasteiger partial charge in [0.25, 0.3) is 0 Å². The summed E-state index contributed by atoms with van der Waals surface area (Å²) in [6.45, 7) is 6.26. The average molecular weight is 404 g/mol. The number of fused-ring (bicyclic) bond motifs is 1. The van der Waals surface area contributed by atoms with Crippen LogP contribution < -0.4 is 10.6 Å². The van der Waals surface area contributed by atoms with E-state index in [2.05, 4.69) is 46.4 Å². The number of carbonyl (C=O) groups is 1. The molecule has 4 nitrogen and oxygen atoms in total. The smallest absolute Gasteiger partial charge is 0.241 e. The minimum atomic E-state index is -0.0134. The van der Waals surface area contributed by atoms with Crippen LogP contribution in [-0.2, 0) is 4.79 Å². The molecule has 2 aromatic rings. The largest absolute Gasteiger partial charge is 0.363 e. The standard InChI is InChI=1S/C26H33N3O/c1-20(27-18-25(30)29-17-16-21-10-8-9-15-24(21)19-29)28-26(22-11-4-2-5-12-22)23-13-6-3-7-14-23/h2-7,11-14,21,24,26-28H,1,8-10,15-19H2. The fourth-order valence-electron chi connectivity index (χ4n) is 5.00. The Kier molecular flexibility index (Phi) is 6.73. The van der Waals surface area contributed by atoms with Crippen molar-refractivity contribution in [1.82, 2.24) is 15.5 Å². The molecule has 1 saturated carbocycles. The maximum absolute atomic E-state index is 12.8. The predicted molar refractivity (Wildman–Crippen MR) is 122 cm³/mol. The Morgan fingerprint density at radius 3 is 2.17 bits per heavy atom. The molecule has 30 heavy (non-hydrogen) atoms. The molecule has 1 aliphatic heterocycles. The van der Waals surface area contributed by atoms with Crippen LogP contribution in [0.4, 0.5) is 0 Å². The van der Waals surface area contributed by atoms with Crippen LogP contribution in [0.3, 0.4) is 0 Å². The topological polar surface area (TPSA) is 44.4 Å². The third-order valence-electron chi connectivity index (χ3n) is 6.68. The maximum Gasteiger partial charge on any atom is 0.241 e. The highest BCUT2D eigenvalue weighted by molar-refractivity contribution is 5.78. The highest BCUT2D eigenvalue weighted by Crippen LogP contribution is 2.36. The summed E-state index contributed by atoms with van der Waals surface area (Å²) < 4.78 is 0. The molecule has 1 aliphatic carbocycles. The van der Waals surface area contributed by atoms with Gasteiger partial charge in [-0.2, -0.15) is 0 Å². The first-order valence-electron chi connectivity index (χ1n) is 11.3. The van der Waals surface area contributed by atoms with E-state index in [9.17, 15) is 4.79 Å². The number of nitrogens with zero attached hydrogens (tertiary/aromatic N) is 1. The van der Waals surface area contributed by atoms with Gasteiger partial charge in [-0.3, -0.25) is 4.79 Å². The molecule has 4 heteroatoms. The molecular formula is C26H33N3O. The van der Waals surface area contributed by atoms with Crippen molar-refractivity contribution in [3.63, 3.8) is 0 Å². The van der Waals surface area contributed by atoms with Gasteiger partial charge in [0.15, 0.2) is 0 Å². The van der Waals surface area contributed by atoms with E-state index >= 15 is 0 Å². The van der Waals surface area contributed by atoms with Gasteiger partial charge in [0, 0.05) is 13.1 Å². The molecule has 4 rings (SSSR count). The number of piperidine rings is 1. The third-order valence-corrected chi connectivity index (χ3v) is 6.68. The Morgan fingerprint density at radius 2 is 1.53 bits per heavy atom. The Morgan fingerprint density at radius 1 is 0.933 bits per heavy atom. The van der Waals surface area contributed by atoms with E-state index in [4.69, 9.17) is 0 Å². The van der Waals surface area contributed by atoms with E-state index in [1.54, 1.807) is 0 Å². The van der Waals surface area contributed by atoms with E-state index in [-0.39, 0.29) is 11.9 Å². The fourth-order valence-corrected chi connectivity index (χ4v) is 5.00. The minimum Gasteiger partial charge on any atom is -0.363 e. The van der Waals surface area contributed by atoms with Crippen LogP contribution in [0.2, 0.25) is 0 Å². The number of benzene rings is 2. The highest BCUT2D eigenvalue weighted by atomic mass is 16.2. The maximum atomic E-state index is 12.8. The SMILES string of the molecule is C=C(NCC(=O)N1CCC2CCCCC2C1)NC(c1ccccc1)c1ccccc1. The summed E-state index contributed by atoms with van der Waals surface area (Å²) in [4.78, 5) is 14.9. The lowest BCUT2D eigenvalue weighted by atomic mass is 9.75. The molecule has 0 bridgehead atoms. The van der Waals surface area contributed by atoms with Gasteiger partial charge in [-0.05, 0) is 35.8 Å². The van der Waals surface area contributed by atoms with Crippen molar-refractivity contribution in [2.75, 3.05) is 19.6 Å². The predicted octanol–water partition coefficient (Wildman–Crippen LogP) is 4.47. The van der Waals surface area contributed by atoms with E-state index in [0.29, 0.717) is 18.3 Å². The van der Waals surface area contributed by atoms with Crippen LogP contribution in [0.5, 0.6) is 0 Å². The number of hydrogen-bond donors (Lipinski definition) is 2. The monoisotopic (exact) mass is 403 g/mol. The molecule has 2 aliphatic rings. The lowest BCUT2D eigenvalue weighted by Gasteiger charge is -2.41. The van der Waals surface area contributed by atoms with Crippen molar-refractivity contribution in [1.29, 1.82) is 0 Å². The zero-order chi connectivity index (χ0) is 20.8. The lowest BCUT2D eigenvalue weighted by molar-refractivity contribution is -0.133. The quantitative estimate of drug-likeness (QED) is 0.717. The minimum absolute atomic E-state index is 0.0134. The Balaban J connectivity index is 1.33. The second-order valence-corrected chi connectivity index (χ2v) is 8.66. The summed E-state index contributed by atoms with van der Waals surface area (Å²) in [5.41, 5.74) is 2.33. The second-order valence-electron chi connectivity index (χ2n) is 8.66. The molecule has 2 unspecified atom stereocenters. The molecule has 1 heterocycles. The van der Waals surface area contributed by atoms with Crippen LogP contribution in [-0.4, -0.2) is 30.4 Å². The van der Waals surface area contributed by atoms with Gasteiger partial charge >= 0.3 is 0 Å². The molecule has 2 N–H and O–H groups in total. The number of rotatable bonds is 7. The third kappa shape index (κ3) is 5.05. The van der Waals surface area contributed by atoms with Gasteiger partial charge in [-0.15, -0.1) is 0 Å².